The molecule has 0 radical (unpaired) electrons. The van der Waals surface area contributed by atoms with Gasteiger partial charge in [-0.2, -0.15) is 0 Å². The summed E-state index contributed by atoms with van der Waals surface area (Å²) in [5, 5.41) is 5.12. The van der Waals surface area contributed by atoms with E-state index in [9.17, 15) is 0 Å². The molecule has 0 atom stereocenters. The van der Waals surface area contributed by atoms with E-state index in [4.69, 9.17) is 0 Å². The van der Waals surface area contributed by atoms with Crippen molar-refractivity contribution in [1.82, 2.24) is 9.13 Å². The summed E-state index contributed by atoms with van der Waals surface area (Å²) in [5.74, 6) is 0. The highest BCUT2D eigenvalue weighted by Gasteiger charge is 2.47. The van der Waals surface area contributed by atoms with E-state index in [1.807, 2.05) is 0 Å². The minimum atomic E-state index is -0.361. The van der Waals surface area contributed by atoms with E-state index in [1.165, 1.54) is 109 Å². The van der Waals surface area contributed by atoms with E-state index in [2.05, 4.69) is 430 Å². The Kier molecular flexibility index (Phi) is 16.6. The molecule has 4 nitrogen and oxygen atoms in total. The number of aromatic nitrogens is 2. The second-order valence-electron chi connectivity index (χ2n) is 32.5. The van der Waals surface area contributed by atoms with Crippen molar-refractivity contribution in [3.8, 4) is 89.3 Å². The normalized spacial score (nSPS) is 12.4. The summed E-state index contributed by atoms with van der Waals surface area (Å²) in [6.45, 7) is 6.96. The van der Waals surface area contributed by atoms with Gasteiger partial charge >= 0.3 is 0 Å². The molecule has 0 N–H and O–H groups in total. The average molecular weight is 1430 g/mol. The minimum absolute atomic E-state index is 0.269. The molecule has 2 aliphatic heterocycles. The van der Waals surface area contributed by atoms with E-state index < -0.39 is 0 Å². The van der Waals surface area contributed by atoms with Gasteiger partial charge in [-0.1, -0.05) is 296 Å². The molecule has 0 saturated heterocycles. The maximum absolute atomic E-state index is 2.76. The van der Waals surface area contributed by atoms with Crippen LogP contribution in [0.15, 0.2) is 328 Å². The molecular formula is C100H79B9N4. The lowest BCUT2D eigenvalue weighted by molar-refractivity contribution is 0.590. The monoisotopic (exact) mass is 1430 g/mol. The maximum Gasteiger partial charge on any atom is 0.252 e. The Labute approximate surface area is 670 Å². The molecule has 20 rings (SSSR count). The lowest BCUT2D eigenvalue weighted by Crippen LogP contribution is -2.61. The number of hydrogen-bond acceptors (Lipinski definition) is 2. The number of hydrogen-bond donors (Lipinski definition) is 0. The van der Waals surface area contributed by atoms with E-state index in [1.54, 1.807) is 0 Å². The van der Waals surface area contributed by atoms with Crippen LogP contribution in [0.2, 0.25) is 0 Å². The Balaban J connectivity index is 0.965. The Morgan fingerprint density at radius 2 is 0.619 bits per heavy atom. The third kappa shape index (κ3) is 11.1. The summed E-state index contributed by atoms with van der Waals surface area (Å²) in [6, 6.07) is 124. The fourth-order valence-electron chi connectivity index (χ4n) is 19.0. The van der Waals surface area contributed by atoms with Gasteiger partial charge in [-0.3, -0.25) is 0 Å². The van der Waals surface area contributed by atoms with Crippen molar-refractivity contribution in [2.24, 2.45) is 0 Å². The van der Waals surface area contributed by atoms with Gasteiger partial charge in [-0.05, 0) is 179 Å². The van der Waals surface area contributed by atoms with Crippen molar-refractivity contribution in [3.05, 3.63) is 333 Å². The molecule has 0 bridgehead atoms. The van der Waals surface area contributed by atoms with Crippen LogP contribution in [0.5, 0.6) is 0 Å². The van der Waals surface area contributed by atoms with Gasteiger partial charge in [0, 0.05) is 78.2 Å². The molecule has 0 saturated carbocycles. The van der Waals surface area contributed by atoms with Gasteiger partial charge in [0.2, 0.25) is 0 Å². The van der Waals surface area contributed by atoms with Gasteiger partial charge in [-0.25, -0.2) is 0 Å². The summed E-state index contributed by atoms with van der Waals surface area (Å²) in [7, 11) is 18.8. The summed E-state index contributed by atoms with van der Waals surface area (Å²) in [6.07, 6.45) is 0. The molecule has 2 aromatic heterocycles. The standard InChI is InChI=1S/C100H79B9N4/c1-100(2,3)68-55-83-95-84(56-68)113(97-74(62-35-19-8-20-36-62)52-67(59-29-13-5-14-30-59)53-75(97)63-37-21-9-22-38-63)82-57-70(111-98-85(87(101)89(103)91(105)93(98)107)86-88(102)90(104)92(106)94(108)99(86)111)45-47-78(82)109(95)77-46-43-65(64-44-48-80-76(49-64)71-41-25-26-42-79(71)110(80)69-39-23-10-24-40-69)54-81(77)112(83)96-72(60-31-15-6-16-32-60)50-66(58-27-11-4-12-28-58)51-73(96)61-33-17-7-18-34-61/h4-57H,101-108H2,1-3H3. The van der Waals surface area contributed by atoms with Gasteiger partial charge in [0.05, 0.1) is 22.4 Å². The molecule has 16 aromatic carbocycles. The lowest BCUT2D eigenvalue weighted by Gasteiger charge is -2.46. The SMILES string of the molecule is Bc1c(B)c(B)c2c(c1B)c1c(B)c(B)c(B)c(B)c1n2-c1ccc2c(c1)N(c1c(-c3ccccc3)cc(-c3ccccc3)cc1-c1ccccc1)c1cc(C(C)(C)C)cc3c1B2c1ccc(-c2ccc4c(c2)c2ccccc2n4-c2ccccc2)cc1N3c1c(-c2ccccc2)cc(-c2ccccc2)cc1-c1ccccc1. The molecule has 0 spiro atoms. The Morgan fingerprint density at radius 3 is 1.06 bits per heavy atom. The molecule has 18 aromatic rings. The van der Waals surface area contributed by atoms with Crippen LogP contribution in [-0.2, 0) is 5.41 Å². The second-order valence-corrected chi connectivity index (χ2v) is 32.5. The Morgan fingerprint density at radius 1 is 0.257 bits per heavy atom. The van der Waals surface area contributed by atoms with E-state index in [-0.39, 0.29) is 12.1 Å². The van der Waals surface area contributed by atoms with Gasteiger partial charge in [0.15, 0.2) is 0 Å². The Bertz CT molecular complexity index is 6730. The van der Waals surface area contributed by atoms with E-state index in [0.717, 1.165) is 123 Å². The predicted molar refractivity (Wildman–Crippen MR) is 511 cm³/mol. The van der Waals surface area contributed by atoms with Crippen LogP contribution >= 0.6 is 0 Å². The van der Waals surface area contributed by atoms with Crippen molar-refractivity contribution in [2.45, 2.75) is 26.2 Å². The van der Waals surface area contributed by atoms with E-state index in [0.29, 0.717) is 0 Å². The highest BCUT2D eigenvalue weighted by atomic mass is 15.2. The molecule has 0 amide bonds. The van der Waals surface area contributed by atoms with Crippen molar-refractivity contribution in [1.29, 1.82) is 0 Å². The summed E-state index contributed by atoms with van der Waals surface area (Å²) < 4.78 is 5.11. The summed E-state index contributed by atoms with van der Waals surface area (Å²) in [4.78, 5) is 5.49. The first-order chi connectivity index (χ1) is 55.1. The quantitative estimate of drug-likeness (QED) is 0.120. The third-order valence-corrected chi connectivity index (χ3v) is 25.4. The van der Waals surface area contributed by atoms with Crippen molar-refractivity contribution < 1.29 is 0 Å². The molecule has 0 unspecified atom stereocenters. The van der Waals surface area contributed by atoms with Crippen LogP contribution in [0.1, 0.15) is 26.3 Å². The highest BCUT2D eigenvalue weighted by molar-refractivity contribution is 7.00. The second kappa shape index (κ2) is 27.1. The van der Waals surface area contributed by atoms with Gasteiger partial charge < -0.3 is 18.9 Å². The first-order valence-electron chi connectivity index (χ1n) is 39.9. The van der Waals surface area contributed by atoms with E-state index >= 15 is 0 Å². The molecule has 4 heterocycles. The molecular weight excluding hydrogens is 1350 g/mol. The lowest BCUT2D eigenvalue weighted by atomic mass is 9.33. The molecule has 526 valence electrons. The fourth-order valence-corrected chi connectivity index (χ4v) is 19.0. The largest absolute Gasteiger partial charge is 0.310 e. The number of para-hydroxylation sites is 2. The molecule has 13 heteroatoms. The minimum Gasteiger partial charge on any atom is -0.310 e. The van der Waals surface area contributed by atoms with Crippen molar-refractivity contribution in [2.75, 3.05) is 9.80 Å². The number of rotatable bonds is 11. The summed E-state index contributed by atoms with van der Waals surface area (Å²) in [5.41, 5.74) is 45.2. The zero-order valence-corrected chi connectivity index (χ0v) is 66.0. The van der Waals surface area contributed by atoms with Crippen LogP contribution in [0, 0.1) is 0 Å². The molecule has 0 fully saturated rings. The molecule has 0 aliphatic carbocycles. The van der Waals surface area contributed by atoms with Crippen LogP contribution in [0.25, 0.3) is 133 Å². The smallest absolute Gasteiger partial charge is 0.252 e. The number of fused-ring (bicyclic) bond motifs is 10. The zero-order chi connectivity index (χ0) is 76.8. The number of anilines is 6. The van der Waals surface area contributed by atoms with Crippen molar-refractivity contribution >= 4 is 207 Å². The van der Waals surface area contributed by atoms with Gasteiger partial charge in [-0.15, -0.1) is 10.9 Å². The first kappa shape index (κ1) is 69.5. The summed E-state index contributed by atoms with van der Waals surface area (Å²) >= 11 is 0. The Hall–Kier alpha value is -12.7. The van der Waals surface area contributed by atoms with Gasteiger partial charge in [0.1, 0.15) is 62.8 Å². The molecule has 113 heavy (non-hydrogen) atoms. The number of benzene rings is 16. The highest BCUT2D eigenvalue weighted by Crippen LogP contribution is 2.56. The maximum atomic E-state index is 2.76. The third-order valence-electron chi connectivity index (χ3n) is 25.4. The predicted octanol–water partition coefficient (Wildman–Crippen LogP) is 11.0. The number of nitrogens with zero attached hydrogens (tertiary/aromatic N) is 4. The topological polar surface area (TPSA) is 16.3 Å². The zero-order valence-electron chi connectivity index (χ0n) is 66.0. The average Bonchev–Trinajstić information content (AvgIpc) is 1.14. The fraction of sp³-hybridized carbons (Fsp3) is 0.0400. The van der Waals surface area contributed by atoms with Gasteiger partial charge in [0.25, 0.3) is 6.71 Å². The van der Waals surface area contributed by atoms with Crippen LogP contribution in [0.4, 0.5) is 34.1 Å². The first-order valence-corrected chi connectivity index (χ1v) is 39.9. The molecule has 2 aliphatic rings. The van der Waals surface area contributed by atoms with Crippen LogP contribution in [0.3, 0.4) is 0 Å². The van der Waals surface area contributed by atoms with Crippen molar-refractivity contribution in [3.63, 3.8) is 0 Å². The van der Waals surface area contributed by atoms with Crippen LogP contribution < -0.4 is 69.9 Å². The van der Waals surface area contributed by atoms with Crippen LogP contribution in [-0.4, -0.2) is 78.6 Å².